The zero-order valence-electron chi connectivity index (χ0n) is 9.49. The van der Waals surface area contributed by atoms with Gasteiger partial charge in [0.2, 0.25) is 0 Å². The summed E-state index contributed by atoms with van der Waals surface area (Å²) in [6.45, 7) is 2.63. The van der Waals surface area contributed by atoms with Gasteiger partial charge in [-0.2, -0.15) is 0 Å². The SMILES string of the molecule is COC(=O)c1ccc(=O)n(CC(C)(C)F)c1. The van der Waals surface area contributed by atoms with Gasteiger partial charge in [-0.15, -0.1) is 0 Å². The Morgan fingerprint density at radius 2 is 2.12 bits per heavy atom. The van der Waals surface area contributed by atoms with Crippen LogP contribution in [0, 0.1) is 0 Å². The summed E-state index contributed by atoms with van der Waals surface area (Å²) in [5.74, 6) is -0.551. The number of hydrogen-bond acceptors (Lipinski definition) is 3. The normalized spacial score (nSPS) is 11.2. The molecule has 0 radical (unpaired) electrons. The van der Waals surface area contributed by atoms with Crippen molar-refractivity contribution < 1.29 is 13.9 Å². The summed E-state index contributed by atoms with van der Waals surface area (Å²) in [4.78, 5) is 22.6. The molecule has 0 spiro atoms. The van der Waals surface area contributed by atoms with Crippen molar-refractivity contribution in [1.82, 2.24) is 4.57 Å². The average Bonchev–Trinajstić information content (AvgIpc) is 2.18. The fourth-order valence-corrected chi connectivity index (χ4v) is 1.30. The molecule has 0 N–H and O–H groups in total. The highest BCUT2D eigenvalue weighted by molar-refractivity contribution is 5.88. The van der Waals surface area contributed by atoms with Crippen LogP contribution in [0.15, 0.2) is 23.1 Å². The number of nitrogens with zero attached hydrogens (tertiary/aromatic N) is 1. The van der Waals surface area contributed by atoms with Gasteiger partial charge >= 0.3 is 5.97 Å². The molecule has 0 fully saturated rings. The van der Waals surface area contributed by atoms with E-state index in [1.807, 2.05) is 0 Å². The van der Waals surface area contributed by atoms with E-state index in [-0.39, 0.29) is 17.7 Å². The number of pyridine rings is 1. The average molecular weight is 227 g/mol. The monoisotopic (exact) mass is 227 g/mol. The number of esters is 1. The summed E-state index contributed by atoms with van der Waals surface area (Å²) in [6, 6.07) is 2.58. The number of hydrogen-bond donors (Lipinski definition) is 0. The molecule has 0 aliphatic carbocycles. The Hall–Kier alpha value is -1.65. The minimum Gasteiger partial charge on any atom is -0.465 e. The number of carbonyl (C=O) groups excluding carboxylic acids is 1. The van der Waals surface area contributed by atoms with E-state index < -0.39 is 11.6 Å². The summed E-state index contributed by atoms with van der Waals surface area (Å²) in [7, 11) is 1.25. The van der Waals surface area contributed by atoms with E-state index in [4.69, 9.17) is 0 Å². The Bertz CT molecular complexity index is 445. The van der Waals surface area contributed by atoms with Crippen LogP contribution in [0.3, 0.4) is 0 Å². The number of ether oxygens (including phenoxy) is 1. The van der Waals surface area contributed by atoms with Crippen molar-refractivity contribution in [2.24, 2.45) is 0 Å². The van der Waals surface area contributed by atoms with Crippen molar-refractivity contribution in [3.8, 4) is 0 Å². The third-order valence-corrected chi connectivity index (χ3v) is 1.95. The Morgan fingerprint density at radius 3 is 2.62 bits per heavy atom. The van der Waals surface area contributed by atoms with Gasteiger partial charge in [0.05, 0.1) is 19.2 Å². The number of aromatic nitrogens is 1. The maximum absolute atomic E-state index is 13.4. The molecule has 5 heteroatoms. The van der Waals surface area contributed by atoms with Crippen LogP contribution in [0.1, 0.15) is 24.2 Å². The lowest BCUT2D eigenvalue weighted by Gasteiger charge is -2.16. The molecule has 0 atom stereocenters. The molecule has 1 heterocycles. The topological polar surface area (TPSA) is 48.3 Å². The summed E-state index contributed by atoms with van der Waals surface area (Å²) in [5.41, 5.74) is -1.64. The molecule has 0 amide bonds. The van der Waals surface area contributed by atoms with Gasteiger partial charge < -0.3 is 9.30 Å². The number of methoxy groups -OCH3 is 1. The maximum atomic E-state index is 13.4. The second-order valence-electron chi connectivity index (χ2n) is 4.09. The molecule has 1 rings (SSSR count). The van der Waals surface area contributed by atoms with Gasteiger partial charge in [0.1, 0.15) is 5.67 Å². The number of carbonyl (C=O) groups is 1. The van der Waals surface area contributed by atoms with Crippen molar-refractivity contribution in [3.63, 3.8) is 0 Å². The molecule has 0 aliphatic rings. The van der Waals surface area contributed by atoms with Crippen LogP contribution < -0.4 is 5.56 Å². The molecular weight excluding hydrogens is 213 g/mol. The number of halogens is 1. The zero-order valence-corrected chi connectivity index (χ0v) is 9.49. The standard InChI is InChI=1S/C11H14FNO3/c1-11(2,12)7-13-6-8(10(15)16-3)4-5-9(13)14/h4-6H,7H2,1-3H3. The van der Waals surface area contributed by atoms with Crippen molar-refractivity contribution >= 4 is 5.97 Å². The first-order chi connectivity index (χ1) is 7.33. The molecule has 0 aromatic carbocycles. The third kappa shape index (κ3) is 3.18. The Labute approximate surface area is 92.7 Å². The Balaban J connectivity index is 3.09. The van der Waals surface area contributed by atoms with Crippen molar-refractivity contribution in [2.75, 3.05) is 7.11 Å². The van der Waals surface area contributed by atoms with Crippen LogP contribution in [0.4, 0.5) is 4.39 Å². The Morgan fingerprint density at radius 1 is 1.50 bits per heavy atom. The third-order valence-electron chi connectivity index (χ3n) is 1.95. The first-order valence-electron chi connectivity index (χ1n) is 4.81. The van der Waals surface area contributed by atoms with Crippen LogP contribution in [-0.4, -0.2) is 23.3 Å². The lowest BCUT2D eigenvalue weighted by molar-refractivity contribution is 0.0598. The van der Waals surface area contributed by atoms with Gasteiger partial charge in [0.15, 0.2) is 0 Å². The van der Waals surface area contributed by atoms with Crippen molar-refractivity contribution in [1.29, 1.82) is 0 Å². The van der Waals surface area contributed by atoms with Crippen LogP contribution in [0.2, 0.25) is 0 Å². The molecule has 4 nitrogen and oxygen atoms in total. The summed E-state index contributed by atoms with van der Waals surface area (Å²) < 4.78 is 19.1. The second kappa shape index (κ2) is 4.47. The highest BCUT2D eigenvalue weighted by Gasteiger charge is 2.17. The number of rotatable bonds is 3. The van der Waals surface area contributed by atoms with Crippen LogP contribution >= 0.6 is 0 Å². The van der Waals surface area contributed by atoms with E-state index in [2.05, 4.69) is 4.74 Å². The van der Waals surface area contributed by atoms with Gasteiger partial charge in [-0.05, 0) is 19.9 Å². The summed E-state index contributed by atoms with van der Waals surface area (Å²) >= 11 is 0. The largest absolute Gasteiger partial charge is 0.465 e. The molecule has 1 aromatic heterocycles. The van der Waals surface area contributed by atoms with Crippen LogP contribution in [0.5, 0.6) is 0 Å². The highest BCUT2D eigenvalue weighted by atomic mass is 19.1. The predicted molar refractivity (Wildman–Crippen MR) is 57.2 cm³/mol. The van der Waals surface area contributed by atoms with Crippen molar-refractivity contribution in [3.05, 3.63) is 34.2 Å². The predicted octanol–water partition coefficient (Wildman–Crippen LogP) is 1.38. The molecule has 16 heavy (non-hydrogen) atoms. The lowest BCUT2D eigenvalue weighted by Crippen LogP contribution is -2.29. The van der Waals surface area contributed by atoms with Gasteiger partial charge in [-0.1, -0.05) is 0 Å². The van der Waals surface area contributed by atoms with E-state index in [0.29, 0.717) is 0 Å². The molecule has 0 bridgehead atoms. The van der Waals surface area contributed by atoms with Gasteiger partial charge in [-0.25, -0.2) is 9.18 Å². The van der Waals surface area contributed by atoms with Crippen LogP contribution in [-0.2, 0) is 11.3 Å². The summed E-state index contributed by atoms with van der Waals surface area (Å²) in [6.07, 6.45) is 1.30. The van der Waals surface area contributed by atoms with E-state index in [9.17, 15) is 14.0 Å². The molecule has 0 saturated heterocycles. The summed E-state index contributed by atoms with van der Waals surface area (Å²) in [5, 5.41) is 0. The molecular formula is C11H14FNO3. The maximum Gasteiger partial charge on any atom is 0.339 e. The lowest BCUT2D eigenvalue weighted by atomic mass is 10.1. The highest BCUT2D eigenvalue weighted by Crippen LogP contribution is 2.10. The van der Waals surface area contributed by atoms with Gasteiger partial charge in [0.25, 0.3) is 5.56 Å². The molecule has 1 aromatic rings. The fourth-order valence-electron chi connectivity index (χ4n) is 1.30. The second-order valence-corrected chi connectivity index (χ2v) is 4.09. The Kier molecular flexibility index (Phi) is 3.47. The van der Waals surface area contributed by atoms with Gasteiger partial charge in [0, 0.05) is 12.3 Å². The zero-order chi connectivity index (χ0) is 12.3. The fraction of sp³-hybridized carbons (Fsp3) is 0.455. The molecule has 0 unspecified atom stereocenters. The first kappa shape index (κ1) is 12.4. The minimum atomic E-state index is -1.52. The van der Waals surface area contributed by atoms with Crippen LogP contribution in [0.25, 0.3) is 0 Å². The molecule has 88 valence electrons. The first-order valence-corrected chi connectivity index (χ1v) is 4.81. The van der Waals surface area contributed by atoms with Crippen molar-refractivity contribution in [2.45, 2.75) is 26.1 Å². The van der Waals surface area contributed by atoms with E-state index in [0.717, 1.165) is 4.57 Å². The van der Waals surface area contributed by atoms with E-state index >= 15 is 0 Å². The van der Waals surface area contributed by atoms with Gasteiger partial charge in [-0.3, -0.25) is 4.79 Å². The minimum absolute atomic E-state index is 0.101. The molecule has 0 saturated carbocycles. The quantitative estimate of drug-likeness (QED) is 0.733. The smallest absolute Gasteiger partial charge is 0.339 e. The van der Waals surface area contributed by atoms with E-state index in [1.54, 1.807) is 0 Å². The molecule has 0 aliphatic heterocycles. The number of alkyl halides is 1. The van der Waals surface area contributed by atoms with E-state index in [1.165, 1.54) is 39.3 Å².